The van der Waals surface area contributed by atoms with Crippen LogP contribution >= 0.6 is 0 Å². The van der Waals surface area contributed by atoms with Crippen molar-refractivity contribution in [3.8, 4) is 0 Å². The van der Waals surface area contributed by atoms with Gasteiger partial charge in [0.25, 0.3) is 0 Å². The molecule has 0 amide bonds. The monoisotopic (exact) mass is 269 g/mol. The molecule has 0 unspecified atom stereocenters. The van der Waals surface area contributed by atoms with Crippen molar-refractivity contribution in [3.05, 3.63) is 42.1 Å². The standard InChI is InChI=1S/C17H23N3/c1-2-13-20(12-1)14-11-18-10-8-16-6-3-5-15-7-4-9-19-17(15)16/h3-7,9,18H,1-2,8,10-14H2. The molecule has 1 N–H and O–H groups in total. The first-order chi connectivity index (χ1) is 9.93. The van der Waals surface area contributed by atoms with Gasteiger partial charge in [-0.1, -0.05) is 24.3 Å². The molecule has 1 fully saturated rings. The fourth-order valence-electron chi connectivity index (χ4n) is 2.96. The van der Waals surface area contributed by atoms with Crippen LogP contribution in [0, 0.1) is 0 Å². The number of pyridine rings is 1. The molecule has 3 nitrogen and oxygen atoms in total. The maximum absolute atomic E-state index is 4.51. The lowest BCUT2D eigenvalue weighted by Crippen LogP contribution is -2.30. The van der Waals surface area contributed by atoms with Crippen molar-refractivity contribution < 1.29 is 0 Å². The average Bonchev–Trinajstić information content (AvgIpc) is 3.00. The van der Waals surface area contributed by atoms with E-state index in [1.807, 2.05) is 12.3 Å². The predicted molar refractivity (Wildman–Crippen MR) is 84.0 cm³/mol. The summed E-state index contributed by atoms with van der Waals surface area (Å²) < 4.78 is 0. The third-order valence-corrected chi connectivity index (χ3v) is 4.09. The number of fused-ring (bicyclic) bond motifs is 1. The number of benzene rings is 1. The minimum absolute atomic E-state index is 1.03. The van der Waals surface area contributed by atoms with Crippen molar-refractivity contribution in [2.75, 3.05) is 32.7 Å². The van der Waals surface area contributed by atoms with Crippen LogP contribution in [0.25, 0.3) is 10.9 Å². The molecule has 106 valence electrons. The molecule has 1 aliphatic rings. The van der Waals surface area contributed by atoms with Gasteiger partial charge in [0.05, 0.1) is 5.52 Å². The van der Waals surface area contributed by atoms with E-state index in [0.29, 0.717) is 0 Å². The zero-order chi connectivity index (χ0) is 13.6. The van der Waals surface area contributed by atoms with Crippen molar-refractivity contribution in [2.24, 2.45) is 0 Å². The van der Waals surface area contributed by atoms with Gasteiger partial charge in [0.15, 0.2) is 0 Å². The average molecular weight is 269 g/mol. The summed E-state index contributed by atoms with van der Waals surface area (Å²) in [6, 6.07) is 10.6. The van der Waals surface area contributed by atoms with E-state index in [9.17, 15) is 0 Å². The quantitative estimate of drug-likeness (QED) is 0.817. The topological polar surface area (TPSA) is 28.2 Å². The number of nitrogens with zero attached hydrogens (tertiary/aromatic N) is 2. The number of hydrogen-bond donors (Lipinski definition) is 1. The van der Waals surface area contributed by atoms with Gasteiger partial charge in [-0.3, -0.25) is 4.98 Å². The van der Waals surface area contributed by atoms with Gasteiger partial charge < -0.3 is 10.2 Å². The molecule has 0 atom stereocenters. The van der Waals surface area contributed by atoms with Gasteiger partial charge in [-0.25, -0.2) is 0 Å². The second-order valence-corrected chi connectivity index (χ2v) is 5.54. The van der Waals surface area contributed by atoms with Gasteiger partial charge in [-0.2, -0.15) is 0 Å². The van der Waals surface area contributed by atoms with Crippen LogP contribution in [0.4, 0.5) is 0 Å². The molecule has 0 spiro atoms. The number of nitrogens with one attached hydrogen (secondary N) is 1. The van der Waals surface area contributed by atoms with E-state index in [2.05, 4.69) is 39.5 Å². The molecule has 3 rings (SSSR count). The van der Waals surface area contributed by atoms with Gasteiger partial charge in [0, 0.05) is 24.7 Å². The SMILES string of the molecule is c1cnc2c(CCNCCN3CCCC3)cccc2c1. The van der Waals surface area contributed by atoms with Crippen LogP contribution in [-0.4, -0.2) is 42.6 Å². The molecule has 1 aliphatic heterocycles. The third-order valence-electron chi connectivity index (χ3n) is 4.09. The van der Waals surface area contributed by atoms with Gasteiger partial charge in [0.2, 0.25) is 0 Å². The number of para-hydroxylation sites is 1. The Kier molecular flexibility index (Phi) is 4.61. The Bertz CT molecular complexity index is 541. The summed E-state index contributed by atoms with van der Waals surface area (Å²) in [5.74, 6) is 0. The van der Waals surface area contributed by atoms with E-state index >= 15 is 0 Å². The Labute approximate surface area is 121 Å². The first-order valence-electron chi connectivity index (χ1n) is 7.69. The molecule has 0 saturated carbocycles. The highest BCUT2D eigenvalue weighted by molar-refractivity contribution is 5.81. The molecule has 1 aromatic heterocycles. The number of likely N-dealkylation sites (tertiary alicyclic amines) is 1. The predicted octanol–water partition coefficient (Wildman–Crippen LogP) is 2.46. The van der Waals surface area contributed by atoms with Crippen molar-refractivity contribution >= 4 is 10.9 Å². The highest BCUT2D eigenvalue weighted by Gasteiger charge is 2.09. The van der Waals surface area contributed by atoms with E-state index in [-0.39, 0.29) is 0 Å². The lowest BCUT2D eigenvalue weighted by molar-refractivity contribution is 0.336. The summed E-state index contributed by atoms with van der Waals surface area (Å²) in [5, 5.41) is 4.79. The molecule has 3 heteroatoms. The summed E-state index contributed by atoms with van der Waals surface area (Å²) in [6.45, 7) is 5.89. The van der Waals surface area contributed by atoms with E-state index in [1.165, 1.54) is 43.4 Å². The Hall–Kier alpha value is -1.45. The molecule has 1 saturated heterocycles. The van der Waals surface area contributed by atoms with Crippen LogP contribution in [0.5, 0.6) is 0 Å². The first kappa shape index (κ1) is 13.5. The number of hydrogen-bond acceptors (Lipinski definition) is 3. The van der Waals surface area contributed by atoms with Crippen LogP contribution in [0.2, 0.25) is 0 Å². The van der Waals surface area contributed by atoms with Gasteiger partial charge >= 0.3 is 0 Å². The van der Waals surface area contributed by atoms with Crippen LogP contribution in [0.3, 0.4) is 0 Å². The zero-order valence-electron chi connectivity index (χ0n) is 12.0. The normalized spacial score (nSPS) is 16.0. The second kappa shape index (κ2) is 6.82. The maximum Gasteiger partial charge on any atom is 0.0734 e. The first-order valence-corrected chi connectivity index (χ1v) is 7.69. The zero-order valence-corrected chi connectivity index (χ0v) is 12.0. The summed E-state index contributed by atoms with van der Waals surface area (Å²) in [4.78, 5) is 7.06. The molecule has 1 aromatic carbocycles. The van der Waals surface area contributed by atoms with E-state index < -0.39 is 0 Å². The van der Waals surface area contributed by atoms with Crippen molar-refractivity contribution in [1.82, 2.24) is 15.2 Å². The number of aromatic nitrogens is 1. The Morgan fingerprint density at radius 1 is 1.05 bits per heavy atom. The third kappa shape index (κ3) is 3.35. The summed E-state index contributed by atoms with van der Waals surface area (Å²) in [6.07, 6.45) is 5.68. The van der Waals surface area contributed by atoms with Gasteiger partial charge in [-0.05, 0) is 50.5 Å². The van der Waals surface area contributed by atoms with E-state index in [4.69, 9.17) is 0 Å². The van der Waals surface area contributed by atoms with Crippen molar-refractivity contribution in [3.63, 3.8) is 0 Å². The minimum Gasteiger partial charge on any atom is -0.315 e. The fraction of sp³-hybridized carbons (Fsp3) is 0.471. The van der Waals surface area contributed by atoms with Crippen LogP contribution in [0.1, 0.15) is 18.4 Å². The molecule has 2 aromatic rings. The van der Waals surface area contributed by atoms with Crippen LogP contribution in [-0.2, 0) is 6.42 Å². The second-order valence-electron chi connectivity index (χ2n) is 5.54. The van der Waals surface area contributed by atoms with E-state index in [1.54, 1.807) is 0 Å². The molecule has 0 bridgehead atoms. The van der Waals surface area contributed by atoms with Gasteiger partial charge in [0.1, 0.15) is 0 Å². The summed E-state index contributed by atoms with van der Waals surface area (Å²) in [5.41, 5.74) is 2.49. The summed E-state index contributed by atoms with van der Waals surface area (Å²) >= 11 is 0. The van der Waals surface area contributed by atoms with E-state index in [0.717, 1.165) is 25.0 Å². The lowest BCUT2D eigenvalue weighted by atomic mass is 10.1. The Balaban J connectivity index is 1.47. The lowest BCUT2D eigenvalue weighted by Gasteiger charge is -2.14. The molecule has 2 heterocycles. The minimum atomic E-state index is 1.03. The molecular formula is C17H23N3. The Morgan fingerprint density at radius 2 is 1.90 bits per heavy atom. The van der Waals surface area contributed by atoms with Gasteiger partial charge in [-0.15, -0.1) is 0 Å². The van der Waals surface area contributed by atoms with Crippen LogP contribution in [0.15, 0.2) is 36.5 Å². The highest BCUT2D eigenvalue weighted by Crippen LogP contribution is 2.15. The molecule has 0 radical (unpaired) electrons. The highest BCUT2D eigenvalue weighted by atomic mass is 15.1. The molecule has 20 heavy (non-hydrogen) atoms. The van der Waals surface area contributed by atoms with Crippen molar-refractivity contribution in [2.45, 2.75) is 19.3 Å². The van der Waals surface area contributed by atoms with Crippen molar-refractivity contribution in [1.29, 1.82) is 0 Å². The largest absolute Gasteiger partial charge is 0.315 e. The Morgan fingerprint density at radius 3 is 2.80 bits per heavy atom. The fourth-order valence-corrected chi connectivity index (χ4v) is 2.96. The maximum atomic E-state index is 4.51. The van der Waals surface area contributed by atoms with Crippen LogP contribution < -0.4 is 5.32 Å². The molecule has 0 aliphatic carbocycles. The summed E-state index contributed by atoms with van der Waals surface area (Å²) in [7, 11) is 0. The number of rotatable bonds is 6. The smallest absolute Gasteiger partial charge is 0.0734 e. The molecular weight excluding hydrogens is 246 g/mol.